The van der Waals surface area contributed by atoms with Crippen LogP contribution in [0.25, 0.3) is 0 Å². The second kappa shape index (κ2) is 4.60. The van der Waals surface area contributed by atoms with Gasteiger partial charge in [-0.2, -0.15) is 0 Å². The molecular weight excluding hydrogens is 248 g/mol. The highest BCUT2D eigenvalue weighted by Crippen LogP contribution is 2.22. The van der Waals surface area contributed by atoms with E-state index in [-0.39, 0.29) is 11.6 Å². The fraction of sp³-hybridized carbons (Fsp3) is 0. The monoisotopic (exact) mass is 254 g/mol. The van der Waals surface area contributed by atoms with Gasteiger partial charge in [-0.1, -0.05) is 30.3 Å². The molecule has 0 bridgehead atoms. The molecule has 0 saturated heterocycles. The topological polar surface area (TPSA) is 17.1 Å². The Morgan fingerprint density at radius 1 is 0.833 bits per heavy atom. The number of ketones is 1. The molecule has 0 atom stereocenters. The van der Waals surface area contributed by atoms with Crippen molar-refractivity contribution in [3.63, 3.8) is 0 Å². The molecule has 0 aliphatic carbocycles. The molecule has 18 heavy (non-hydrogen) atoms. The molecule has 0 amide bonds. The first-order valence-electron chi connectivity index (χ1n) is 4.95. The number of hydrogen-bond donors (Lipinski definition) is 0. The Morgan fingerprint density at radius 2 is 1.33 bits per heavy atom. The molecule has 0 aromatic heterocycles. The second-order valence-corrected chi connectivity index (χ2v) is 3.54. The van der Waals surface area contributed by atoms with Crippen LogP contribution in [0.3, 0.4) is 0 Å². The molecule has 2 aromatic carbocycles. The lowest BCUT2D eigenvalue weighted by atomic mass is 10.0. The molecule has 0 fully saturated rings. The van der Waals surface area contributed by atoms with E-state index in [1.165, 1.54) is 24.3 Å². The summed E-state index contributed by atoms with van der Waals surface area (Å²) in [6.07, 6.45) is 0. The third-order valence-electron chi connectivity index (χ3n) is 2.37. The van der Waals surface area contributed by atoms with Gasteiger partial charge >= 0.3 is 0 Å². The number of halogens is 4. The van der Waals surface area contributed by atoms with Crippen molar-refractivity contribution in [3.05, 3.63) is 70.8 Å². The Kier molecular flexibility index (Phi) is 3.14. The molecule has 0 aliphatic rings. The van der Waals surface area contributed by atoms with Gasteiger partial charge in [0.1, 0.15) is 5.56 Å². The molecule has 0 heterocycles. The number of rotatable bonds is 2. The van der Waals surface area contributed by atoms with Crippen LogP contribution in [0.5, 0.6) is 0 Å². The summed E-state index contributed by atoms with van der Waals surface area (Å²) < 4.78 is 52.7. The van der Waals surface area contributed by atoms with Crippen molar-refractivity contribution in [1.82, 2.24) is 0 Å². The van der Waals surface area contributed by atoms with Crippen molar-refractivity contribution < 1.29 is 22.4 Å². The van der Waals surface area contributed by atoms with E-state index in [0.29, 0.717) is 0 Å². The first kappa shape index (κ1) is 12.3. The lowest BCUT2D eigenvalue weighted by Gasteiger charge is -2.06. The molecule has 1 nitrogen and oxygen atoms in total. The van der Waals surface area contributed by atoms with Gasteiger partial charge in [0, 0.05) is 11.6 Å². The maximum Gasteiger partial charge on any atom is 0.199 e. The van der Waals surface area contributed by atoms with Gasteiger partial charge < -0.3 is 0 Å². The van der Waals surface area contributed by atoms with Crippen LogP contribution in [0.15, 0.2) is 36.4 Å². The standard InChI is InChI=1S/C13H6F4O/c14-8-6-9(15)12(17)10(11(8)16)13(18)7-4-2-1-3-5-7/h1-6H. The Labute approximate surface area is 99.7 Å². The summed E-state index contributed by atoms with van der Waals surface area (Å²) in [6, 6.07) is 7.19. The highest BCUT2D eigenvalue weighted by molar-refractivity contribution is 6.09. The summed E-state index contributed by atoms with van der Waals surface area (Å²) in [6.45, 7) is 0. The highest BCUT2D eigenvalue weighted by atomic mass is 19.2. The third kappa shape index (κ3) is 1.99. The summed E-state index contributed by atoms with van der Waals surface area (Å²) in [5, 5.41) is 0. The fourth-order valence-corrected chi connectivity index (χ4v) is 1.51. The van der Waals surface area contributed by atoms with Crippen LogP contribution >= 0.6 is 0 Å². The highest BCUT2D eigenvalue weighted by Gasteiger charge is 2.25. The van der Waals surface area contributed by atoms with Crippen LogP contribution in [0.2, 0.25) is 0 Å². The first-order valence-corrected chi connectivity index (χ1v) is 4.95. The predicted octanol–water partition coefficient (Wildman–Crippen LogP) is 3.47. The molecule has 92 valence electrons. The second-order valence-electron chi connectivity index (χ2n) is 3.54. The molecule has 5 heteroatoms. The summed E-state index contributed by atoms with van der Waals surface area (Å²) in [4.78, 5) is 11.8. The van der Waals surface area contributed by atoms with E-state index >= 15 is 0 Å². The van der Waals surface area contributed by atoms with Crippen LogP contribution in [0, 0.1) is 23.3 Å². The van der Waals surface area contributed by atoms with Crippen LogP contribution in [-0.4, -0.2) is 5.78 Å². The number of carbonyl (C=O) groups is 1. The smallest absolute Gasteiger partial charge is 0.199 e. The summed E-state index contributed by atoms with van der Waals surface area (Å²) in [5.74, 6) is -7.70. The van der Waals surface area contributed by atoms with Crippen LogP contribution in [-0.2, 0) is 0 Å². The minimum absolute atomic E-state index is 0.0553. The van der Waals surface area contributed by atoms with Gasteiger partial charge in [-0.15, -0.1) is 0 Å². The normalized spacial score (nSPS) is 10.4. The predicted molar refractivity (Wildman–Crippen MR) is 56.1 cm³/mol. The van der Waals surface area contributed by atoms with Crippen molar-refractivity contribution in [2.75, 3.05) is 0 Å². The molecule has 0 radical (unpaired) electrons. The lowest BCUT2D eigenvalue weighted by molar-refractivity contribution is 0.102. The largest absolute Gasteiger partial charge is 0.288 e. The Bertz CT molecular complexity index is 582. The van der Waals surface area contributed by atoms with E-state index in [2.05, 4.69) is 0 Å². The fourth-order valence-electron chi connectivity index (χ4n) is 1.51. The zero-order chi connectivity index (χ0) is 13.3. The van der Waals surface area contributed by atoms with Gasteiger partial charge in [0.05, 0.1) is 0 Å². The van der Waals surface area contributed by atoms with Crippen molar-refractivity contribution in [2.45, 2.75) is 0 Å². The lowest BCUT2D eigenvalue weighted by Crippen LogP contribution is -2.11. The maximum absolute atomic E-state index is 13.4. The van der Waals surface area contributed by atoms with Gasteiger partial charge in [0.25, 0.3) is 0 Å². The zero-order valence-electron chi connectivity index (χ0n) is 8.88. The van der Waals surface area contributed by atoms with E-state index in [4.69, 9.17) is 0 Å². The number of hydrogen-bond acceptors (Lipinski definition) is 1. The first-order chi connectivity index (χ1) is 8.52. The summed E-state index contributed by atoms with van der Waals surface area (Å²) >= 11 is 0. The van der Waals surface area contributed by atoms with Gasteiger partial charge in [0.2, 0.25) is 0 Å². The molecule has 2 aromatic rings. The number of benzene rings is 2. The van der Waals surface area contributed by atoms with E-state index < -0.39 is 34.6 Å². The van der Waals surface area contributed by atoms with Crippen LogP contribution in [0.4, 0.5) is 17.6 Å². The average molecular weight is 254 g/mol. The average Bonchev–Trinajstić information content (AvgIpc) is 2.37. The molecule has 0 saturated carbocycles. The van der Waals surface area contributed by atoms with Crippen molar-refractivity contribution in [3.8, 4) is 0 Å². The van der Waals surface area contributed by atoms with Gasteiger partial charge in [-0.25, -0.2) is 17.6 Å². The quantitative estimate of drug-likeness (QED) is 0.455. The molecule has 0 N–H and O–H groups in total. The van der Waals surface area contributed by atoms with Crippen molar-refractivity contribution >= 4 is 5.78 Å². The molecule has 0 aliphatic heterocycles. The van der Waals surface area contributed by atoms with E-state index in [1.807, 2.05) is 0 Å². The molecular formula is C13H6F4O. The maximum atomic E-state index is 13.4. The van der Waals surface area contributed by atoms with Crippen LogP contribution in [0.1, 0.15) is 15.9 Å². The Balaban J connectivity index is 2.62. The van der Waals surface area contributed by atoms with Gasteiger partial charge in [-0.3, -0.25) is 4.79 Å². The Morgan fingerprint density at radius 3 is 1.83 bits per heavy atom. The number of carbonyl (C=O) groups excluding carboxylic acids is 1. The van der Waals surface area contributed by atoms with E-state index in [0.717, 1.165) is 0 Å². The summed E-state index contributed by atoms with van der Waals surface area (Å²) in [7, 11) is 0. The van der Waals surface area contributed by atoms with E-state index in [1.54, 1.807) is 6.07 Å². The van der Waals surface area contributed by atoms with Crippen LogP contribution < -0.4 is 0 Å². The molecule has 2 rings (SSSR count). The zero-order valence-corrected chi connectivity index (χ0v) is 8.88. The minimum atomic E-state index is -1.69. The van der Waals surface area contributed by atoms with E-state index in [9.17, 15) is 22.4 Å². The Hall–Kier alpha value is -2.17. The molecule has 0 unspecified atom stereocenters. The third-order valence-corrected chi connectivity index (χ3v) is 2.37. The SMILES string of the molecule is O=C(c1ccccc1)c1c(F)c(F)cc(F)c1F. The van der Waals surface area contributed by atoms with Gasteiger partial charge in [-0.05, 0) is 0 Å². The molecule has 0 spiro atoms. The van der Waals surface area contributed by atoms with Crippen molar-refractivity contribution in [2.24, 2.45) is 0 Å². The van der Waals surface area contributed by atoms with Gasteiger partial charge in [0.15, 0.2) is 29.1 Å². The summed E-state index contributed by atoms with van der Waals surface area (Å²) in [5.41, 5.74) is -1.28. The minimum Gasteiger partial charge on any atom is -0.288 e. The van der Waals surface area contributed by atoms with Crippen molar-refractivity contribution in [1.29, 1.82) is 0 Å².